The normalized spacial score (nSPS) is 19.5. The minimum Gasteiger partial charge on any atom is -0.504 e. The fourth-order valence-corrected chi connectivity index (χ4v) is 4.29. The van der Waals surface area contributed by atoms with Crippen LogP contribution in [0.4, 0.5) is 5.82 Å². The third kappa shape index (κ3) is 3.29. The van der Waals surface area contributed by atoms with Crippen molar-refractivity contribution in [3.05, 3.63) is 47.2 Å². The molecule has 1 unspecified atom stereocenters. The van der Waals surface area contributed by atoms with Crippen molar-refractivity contribution < 1.29 is 9.84 Å². The van der Waals surface area contributed by atoms with Gasteiger partial charge in [-0.15, -0.1) is 0 Å². The Morgan fingerprint density at radius 3 is 2.68 bits per heavy atom. The second-order valence-corrected chi connectivity index (χ2v) is 7.51. The SMILES string of the molecule is COc1cc(C2=NN(c3ccc(C#N)c(C)n3)C(C3CCCC3)C2)ccc1O. The number of hydrazone groups is 1. The monoisotopic (exact) mass is 376 g/mol. The lowest BCUT2D eigenvalue weighted by molar-refractivity contribution is 0.373. The first kappa shape index (κ1) is 18.3. The van der Waals surface area contributed by atoms with Gasteiger partial charge in [0.1, 0.15) is 11.9 Å². The molecule has 28 heavy (non-hydrogen) atoms. The number of ether oxygens (including phenoxy) is 1. The largest absolute Gasteiger partial charge is 0.504 e. The van der Waals surface area contributed by atoms with Gasteiger partial charge in [-0.2, -0.15) is 10.4 Å². The molecule has 2 heterocycles. The lowest BCUT2D eigenvalue weighted by atomic mass is 9.92. The Morgan fingerprint density at radius 2 is 2.00 bits per heavy atom. The topological polar surface area (TPSA) is 81.7 Å². The summed E-state index contributed by atoms with van der Waals surface area (Å²) in [6, 6.07) is 11.5. The first-order valence-corrected chi connectivity index (χ1v) is 9.72. The minimum atomic E-state index is 0.124. The van der Waals surface area contributed by atoms with E-state index in [-0.39, 0.29) is 11.8 Å². The molecule has 6 heteroatoms. The molecule has 144 valence electrons. The molecule has 1 N–H and O–H groups in total. The van der Waals surface area contributed by atoms with E-state index < -0.39 is 0 Å². The molecule has 0 amide bonds. The molecular weight excluding hydrogens is 352 g/mol. The zero-order valence-corrected chi connectivity index (χ0v) is 16.2. The van der Waals surface area contributed by atoms with E-state index in [4.69, 9.17) is 9.84 Å². The molecule has 1 aromatic heterocycles. The number of pyridine rings is 1. The van der Waals surface area contributed by atoms with Gasteiger partial charge in [-0.1, -0.05) is 12.8 Å². The molecule has 1 aromatic carbocycles. The molecule has 2 aliphatic rings. The number of nitrogens with zero attached hydrogens (tertiary/aromatic N) is 4. The maximum atomic E-state index is 9.90. The zero-order valence-electron chi connectivity index (χ0n) is 16.2. The average Bonchev–Trinajstić information content (AvgIpc) is 3.38. The molecule has 0 saturated heterocycles. The number of rotatable bonds is 4. The minimum absolute atomic E-state index is 0.124. The number of nitriles is 1. The van der Waals surface area contributed by atoms with Crippen LogP contribution in [0, 0.1) is 24.2 Å². The van der Waals surface area contributed by atoms with Gasteiger partial charge in [-0.3, -0.25) is 0 Å². The van der Waals surface area contributed by atoms with E-state index in [1.807, 2.05) is 36.2 Å². The Hall–Kier alpha value is -3.07. The lowest BCUT2D eigenvalue weighted by Gasteiger charge is -2.27. The van der Waals surface area contributed by atoms with Crippen molar-refractivity contribution in [1.29, 1.82) is 5.26 Å². The number of methoxy groups -OCH3 is 1. The van der Waals surface area contributed by atoms with Gasteiger partial charge in [0.25, 0.3) is 0 Å². The molecule has 1 aliphatic heterocycles. The number of aromatic nitrogens is 1. The smallest absolute Gasteiger partial charge is 0.161 e. The zero-order chi connectivity index (χ0) is 19.7. The highest BCUT2D eigenvalue weighted by atomic mass is 16.5. The van der Waals surface area contributed by atoms with E-state index in [0.29, 0.717) is 17.2 Å². The fourth-order valence-electron chi connectivity index (χ4n) is 4.29. The van der Waals surface area contributed by atoms with Gasteiger partial charge in [0.2, 0.25) is 0 Å². The van der Waals surface area contributed by atoms with E-state index in [9.17, 15) is 10.4 Å². The Labute approximate surface area is 165 Å². The first-order valence-electron chi connectivity index (χ1n) is 9.72. The van der Waals surface area contributed by atoms with Gasteiger partial charge < -0.3 is 9.84 Å². The highest BCUT2D eigenvalue weighted by molar-refractivity contribution is 6.03. The first-order chi connectivity index (χ1) is 13.6. The van der Waals surface area contributed by atoms with Crippen LogP contribution < -0.4 is 9.75 Å². The molecule has 0 bridgehead atoms. The Balaban J connectivity index is 1.72. The second kappa shape index (κ2) is 7.51. The van der Waals surface area contributed by atoms with E-state index in [0.717, 1.165) is 29.2 Å². The van der Waals surface area contributed by atoms with Gasteiger partial charge in [0.15, 0.2) is 11.5 Å². The van der Waals surface area contributed by atoms with Gasteiger partial charge in [0.05, 0.1) is 30.1 Å². The predicted molar refractivity (Wildman–Crippen MR) is 108 cm³/mol. The number of phenolic OH excluding ortho intramolecular Hbond substituents is 1. The second-order valence-electron chi connectivity index (χ2n) is 7.51. The van der Waals surface area contributed by atoms with Crippen LogP contribution in [0.25, 0.3) is 0 Å². The molecule has 2 aromatic rings. The van der Waals surface area contributed by atoms with Crippen molar-refractivity contribution in [2.45, 2.75) is 45.1 Å². The molecule has 1 atom stereocenters. The van der Waals surface area contributed by atoms with Crippen LogP contribution >= 0.6 is 0 Å². The quantitative estimate of drug-likeness (QED) is 0.867. The summed E-state index contributed by atoms with van der Waals surface area (Å²) in [5, 5.41) is 26.1. The van der Waals surface area contributed by atoms with Crippen LogP contribution in [0.2, 0.25) is 0 Å². The van der Waals surface area contributed by atoms with E-state index >= 15 is 0 Å². The Bertz CT molecular complexity index is 957. The predicted octanol–water partition coefficient (Wildman–Crippen LogP) is 4.15. The molecule has 0 radical (unpaired) electrons. The van der Waals surface area contributed by atoms with Crippen LogP contribution in [0.5, 0.6) is 11.5 Å². The van der Waals surface area contributed by atoms with Gasteiger partial charge in [-0.25, -0.2) is 9.99 Å². The summed E-state index contributed by atoms with van der Waals surface area (Å²) in [4.78, 5) is 4.66. The summed E-state index contributed by atoms with van der Waals surface area (Å²) in [5.74, 6) is 1.94. The number of hydrogen-bond acceptors (Lipinski definition) is 6. The molecule has 1 aliphatic carbocycles. The van der Waals surface area contributed by atoms with E-state index in [2.05, 4.69) is 11.1 Å². The van der Waals surface area contributed by atoms with E-state index in [1.165, 1.54) is 25.7 Å². The summed E-state index contributed by atoms with van der Waals surface area (Å²) in [6.45, 7) is 1.86. The van der Waals surface area contributed by atoms with E-state index in [1.54, 1.807) is 13.2 Å². The maximum Gasteiger partial charge on any atom is 0.161 e. The lowest BCUT2D eigenvalue weighted by Crippen LogP contribution is -2.33. The van der Waals surface area contributed by atoms with Gasteiger partial charge in [0, 0.05) is 12.0 Å². The molecule has 6 nitrogen and oxygen atoms in total. The molecule has 0 spiro atoms. The number of benzene rings is 1. The number of anilines is 1. The van der Waals surface area contributed by atoms with Crippen molar-refractivity contribution in [3.8, 4) is 17.6 Å². The summed E-state index contributed by atoms with van der Waals surface area (Å²) in [7, 11) is 1.55. The fraction of sp³-hybridized carbons (Fsp3) is 0.409. The highest BCUT2D eigenvalue weighted by Gasteiger charge is 2.36. The number of phenols is 1. The molecule has 1 fully saturated rings. The standard InChI is InChI=1S/C22H24N4O2/c1-14-17(13-23)8-10-22(24-14)26-19(15-5-3-4-6-15)12-18(25-26)16-7-9-20(27)21(11-16)28-2/h7-11,15,19,27H,3-6,12H2,1-2H3. The third-order valence-electron chi connectivity index (χ3n) is 5.83. The number of aromatic hydroxyl groups is 1. The van der Waals surface area contributed by atoms with Crippen molar-refractivity contribution in [2.24, 2.45) is 11.0 Å². The maximum absolute atomic E-state index is 9.90. The van der Waals surface area contributed by atoms with Crippen molar-refractivity contribution in [3.63, 3.8) is 0 Å². The van der Waals surface area contributed by atoms with Gasteiger partial charge >= 0.3 is 0 Å². The number of aryl methyl sites for hydroxylation is 1. The molecule has 1 saturated carbocycles. The molecular formula is C22H24N4O2. The summed E-state index contributed by atoms with van der Waals surface area (Å²) in [6.07, 6.45) is 5.77. The molecule has 4 rings (SSSR count). The summed E-state index contributed by atoms with van der Waals surface area (Å²) >= 11 is 0. The summed E-state index contributed by atoms with van der Waals surface area (Å²) < 4.78 is 5.26. The van der Waals surface area contributed by atoms with Crippen molar-refractivity contribution in [1.82, 2.24) is 4.98 Å². The van der Waals surface area contributed by atoms with Gasteiger partial charge in [-0.05, 0) is 56.0 Å². The number of hydrogen-bond donors (Lipinski definition) is 1. The van der Waals surface area contributed by atoms with Crippen LogP contribution in [0.15, 0.2) is 35.4 Å². The summed E-state index contributed by atoms with van der Waals surface area (Å²) in [5.41, 5.74) is 3.23. The third-order valence-corrected chi connectivity index (χ3v) is 5.83. The van der Waals surface area contributed by atoms with Crippen LogP contribution in [-0.2, 0) is 0 Å². The van der Waals surface area contributed by atoms with Crippen molar-refractivity contribution in [2.75, 3.05) is 12.1 Å². The van der Waals surface area contributed by atoms with Crippen LogP contribution in [0.3, 0.4) is 0 Å². The Kier molecular flexibility index (Phi) is 4.91. The van der Waals surface area contributed by atoms with Crippen LogP contribution in [-0.4, -0.2) is 29.0 Å². The average molecular weight is 376 g/mol. The van der Waals surface area contributed by atoms with Crippen LogP contribution in [0.1, 0.15) is 48.9 Å². The Morgan fingerprint density at radius 1 is 1.21 bits per heavy atom. The van der Waals surface area contributed by atoms with Crippen molar-refractivity contribution >= 4 is 11.5 Å². The highest BCUT2D eigenvalue weighted by Crippen LogP contribution is 2.38.